The Labute approximate surface area is 147 Å². The molecule has 1 aliphatic rings. The van der Waals surface area contributed by atoms with Crippen molar-refractivity contribution in [1.82, 2.24) is 5.32 Å². The minimum atomic E-state index is 0.0302. The van der Waals surface area contributed by atoms with E-state index < -0.39 is 0 Å². The highest BCUT2D eigenvalue weighted by Crippen LogP contribution is 2.32. The van der Waals surface area contributed by atoms with Gasteiger partial charge < -0.3 is 14.8 Å². The summed E-state index contributed by atoms with van der Waals surface area (Å²) in [6.45, 7) is 0.754. The molecule has 0 radical (unpaired) electrons. The number of carbonyl (C=O) groups is 1. The van der Waals surface area contributed by atoms with E-state index in [4.69, 9.17) is 9.47 Å². The Morgan fingerprint density at radius 1 is 1.13 bits per heavy atom. The van der Waals surface area contributed by atoms with E-state index in [0.717, 1.165) is 27.3 Å². The van der Waals surface area contributed by atoms with Crippen LogP contribution in [0.2, 0.25) is 0 Å². The van der Waals surface area contributed by atoms with Gasteiger partial charge in [0.15, 0.2) is 11.5 Å². The number of benzene rings is 2. The second kappa shape index (κ2) is 7.75. The van der Waals surface area contributed by atoms with Crippen molar-refractivity contribution in [3.63, 3.8) is 0 Å². The monoisotopic (exact) mass is 393 g/mol. The fourth-order valence-electron chi connectivity index (χ4n) is 2.19. The summed E-state index contributed by atoms with van der Waals surface area (Å²) in [6.07, 6.45) is 0. The van der Waals surface area contributed by atoms with Gasteiger partial charge in [0.05, 0.1) is 5.75 Å². The van der Waals surface area contributed by atoms with Gasteiger partial charge in [-0.25, -0.2) is 0 Å². The number of hydrogen-bond donors (Lipinski definition) is 1. The molecule has 0 bridgehead atoms. The molecular weight excluding hydrogens is 378 g/mol. The Morgan fingerprint density at radius 2 is 2.00 bits per heavy atom. The van der Waals surface area contributed by atoms with Gasteiger partial charge in [0, 0.05) is 16.8 Å². The number of amides is 1. The van der Waals surface area contributed by atoms with Crippen molar-refractivity contribution in [2.45, 2.75) is 12.3 Å². The number of fused-ring (bicyclic) bond motifs is 1. The van der Waals surface area contributed by atoms with Crippen LogP contribution in [0.1, 0.15) is 11.1 Å². The van der Waals surface area contributed by atoms with Gasteiger partial charge in [0.25, 0.3) is 0 Å². The maximum atomic E-state index is 11.9. The second-order valence-corrected chi connectivity index (χ2v) is 6.99. The third kappa shape index (κ3) is 4.65. The first-order chi connectivity index (χ1) is 11.2. The van der Waals surface area contributed by atoms with Crippen LogP contribution < -0.4 is 14.8 Å². The zero-order chi connectivity index (χ0) is 16.1. The van der Waals surface area contributed by atoms with Crippen LogP contribution in [0.5, 0.6) is 11.5 Å². The maximum absolute atomic E-state index is 11.9. The largest absolute Gasteiger partial charge is 0.454 e. The molecule has 0 aromatic heterocycles. The zero-order valence-electron chi connectivity index (χ0n) is 12.4. The topological polar surface area (TPSA) is 47.6 Å². The third-order valence-corrected chi connectivity index (χ3v) is 4.81. The lowest BCUT2D eigenvalue weighted by molar-refractivity contribution is -0.118. The molecule has 1 N–H and O–H groups in total. The SMILES string of the molecule is O=C(CSCc1cccc(Br)c1)NCc1ccc2c(c1)OCO2. The Bertz CT molecular complexity index is 708. The normalized spacial score (nSPS) is 12.2. The third-order valence-electron chi connectivity index (χ3n) is 3.32. The van der Waals surface area contributed by atoms with Gasteiger partial charge in [0.1, 0.15) is 0 Å². The van der Waals surface area contributed by atoms with Crippen LogP contribution in [0.15, 0.2) is 46.9 Å². The predicted octanol–water partition coefficient (Wildman–Crippen LogP) is 3.73. The molecule has 3 rings (SSSR count). The first-order valence-corrected chi connectivity index (χ1v) is 9.13. The molecule has 1 aliphatic heterocycles. The summed E-state index contributed by atoms with van der Waals surface area (Å²) in [4.78, 5) is 11.9. The number of hydrogen-bond acceptors (Lipinski definition) is 4. The quantitative estimate of drug-likeness (QED) is 0.811. The van der Waals surface area contributed by atoms with E-state index in [1.165, 1.54) is 5.56 Å². The molecule has 2 aromatic rings. The van der Waals surface area contributed by atoms with Crippen LogP contribution in [-0.4, -0.2) is 18.5 Å². The molecular formula is C17H16BrNO3S. The molecule has 0 spiro atoms. The van der Waals surface area contributed by atoms with Crippen LogP contribution in [0.4, 0.5) is 0 Å². The predicted molar refractivity (Wildman–Crippen MR) is 94.7 cm³/mol. The van der Waals surface area contributed by atoms with Crippen molar-refractivity contribution < 1.29 is 14.3 Å². The van der Waals surface area contributed by atoms with Gasteiger partial charge in [-0.2, -0.15) is 0 Å². The smallest absolute Gasteiger partial charge is 0.231 e. The lowest BCUT2D eigenvalue weighted by Gasteiger charge is -2.06. The molecule has 2 aromatic carbocycles. The summed E-state index contributed by atoms with van der Waals surface area (Å²) in [5.74, 6) is 2.78. The molecule has 1 heterocycles. The summed E-state index contributed by atoms with van der Waals surface area (Å²) in [7, 11) is 0. The Kier molecular flexibility index (Phi) is 5.46. The minimum Gasteiger partial charge on any atom is -0.454 e. The molecule has 0 saturated carbocycles. The number of thioether (sulfide) groups is 1. The molecule has 120 valence electrons. The summed E-state index contributed by atoms with van der Waals surface area (Å²) >= 11 is 5.05. The molecule has 0 aliphatic carbocycles. The standard InChI is InChI=1S/C17H16BrNO3S/c18-14-3-1-2-13(6-14)9-23-10-17(20)19-8-12-4-5-15-16(7-12)22-11-21-15/h1-7H,8-11H2,(H,19,20). The average molecular weight is 394 g/mol. The van der Waals surface area contributed by atoms with E-state index in [9.17, 15) is 4.79 Å². The van der Waals surface area contributed by atoms with Gasteiger partial charge in [-0.15, -0.1) is 11.8 Å². The van der Waals surface area contributed by atoms with E-state index in [0.29, 0.717) is 12.3 Å². The van der Waals surface area contributed by atoms with Crippen LogP contribution >= 0.6 is 27.7 Å². The summed E-state index contributed by atoms with van der Waals surface area (Å²) < 4.78 is 11.7. The van der Waals surface area contributed by atoms with Gasteiger partial charge in [-0.3, -0.25) is 4.79 Å². The van der Waals surface area contributed by atoms with Gasteiger partial charge >= 0.3 is 0 Å². The Morgan fingerprint density at radius 3 is 2.87 bits per heavy atom. The lowest BCUT2D eigenvalue weighted by atomic mass is 10.2. The number of carbonyl (C=O) groups excluding carboxylic acids is 1. The van der Waals surface area contributed by atoms with Crippen molar-refractivity contribution in [1.29, 1.82) is 0 Å². The van der Waals surface area contributed by atoms with Crippen LogP contribution in [0.25, 0.3) is 0 Å². The number of halogens is 1. The first-order valence-electron chi connectivity index (χ1n) is 7.18. The van der Waals surface area contributed by atoms with Crippen LogP contribution in [0, 0.1) is 0 Å². The molecule has 1 amide bonds. The van der Waals surface area contributed by atoms with Crippen molar-refractivity contribution in [3.8, 4) is 11.5 Å². The van der Waals surface area contributed by atoms with E-state index in [1.807, 2.05) is 30.3 Å². The Balaban J connectivity index is 1.41. The summed E-state index contributed by atoms with van der Waals surface area (Å²) in [5, 5.41) is 2.92. The van der Waals surface area contributed by atoms with E-state index in [1.54, 1.807) is 11.8 Å². The van der Waals surface area contributed by atoms with E-state index >= 15 is 0 Å². The maximum Gasteiger partial charge on any atom is 0.231 e. The molecule has 6 heteroatoms. The summed E-state index contributed by atoms with van der Waals surface area (Å²) in [5.41, 5.74) is 2.20. The van der Waals surface area contributed by atoms with Crippen molar-refractivity contribution >= 4 is 33.6 Å². The molecule has 23 heavy (non-hydrogen) atoms. The fourth-order valence-corrected chi connectivity index (χ4v) is 3.44. The molecule has 0 unspecified atom stereocenters. The highest BCUT2D eigenvalue weighted by atomic mass is 79.9. The minimum absolute atomic E-state index is 0.0302. The van der Waals surface area contributed by atoms with Crippen LogP contribution in [-0.2, 0) is 17.1 Å². The Hall–Kier alpha value is -1.66. The van der Waals surface area contributed by atoms with Crippen molar-refractivity contribution in [2.75, 3.05) is 12.5 Å². The van der Waals surface area contributed by atoms with Crippen LogP contribution in [0.3, 0.4) is 0 Å². The second-order valence-electron chi connectivity index (χ2n) is 5.09. The van der Waals surface area contributed by atoms with Gasteiger partial charge in [-0.05, 0) is 35.4 Å². The highest BCUT2D eigenvalue weighted by Gasteiger charge is 2.13. The van der Waals surface area contributed by atoms with E-state index in [-0.39, 0.29) is 12.7 Å². The van der Waals surface area contributed by atoms with Crippen molar-refractivity contribution in [3.05, 3.63) is 58.1 Å². The lowest BCUT2D eigenvalue weighted by Crippen LogP contribution is -2.24. The van der Waals surface area contributed by atoms with Gasteiger partial charge in [-0.1, -0.05) is 34.1 Å². The number of rotatable bonds is 6. The highest BCUT2D eigenvalue weighted by molar-refractivity contribution is 9.10. The molecule has 0 fully saturated rings. The van der Waals surface area contributed by atoms with E-state index in [2.05, 4.69) is 33.4 Å². The molecule has 0 atom stereocenters. The number of ether oxygens (including phenoxy) is 2. The zero-order valence-corrected chi connectivity index (χ0v) is 14.8. The van der Waals surface area contributed by atoms with Gasteiger partial charge in [0.2, 0.25) is 12.7 Å². The first kappa shape index (κ1) is 16.2. The fraction of sp³-hybridized carbons (Fsp3) is 0.235. The average Bonchev–Trinajstić information content (AvgIpc) is 3.00. The number of nitrogens with one attached hydrogen (secondary N) is 1. The summed E-state index contributed by atoms with van der Waals surface area (Å²) in [6, 6.07) is 13.8. The van der Waals surface area contributed by atoms with Crippen molar-refractivity contribution in [2.24, 2.45) is 0 Å². The molecule has 4 nitrogen and oxygen atoms in total. The molecule has 0 saturated heterocycles.